The second kappa shape index (κ2) is 7.09. The highest BCUT2D eigenvalue weighted by Gasteiger charge is 2.32. The topological polar surface area (TPSA) is 35.5 Å². The zero-order valence-electron chi connectivity index (χ0n) is 11.5. The average molecular weight is 367 g/mol. The lowest BCUT2D eigenvalue weighted by atomic mass is 9.99. The molecule has 3 nitrogen and oxygen atoms in total. The third-order valence-electron chi connectivity index (χ3n) is 3.63. The van der Waals surface area contributed by atoms with Gasteiger partial charge in [0.1, 0.15) is 0 Å². The van der Waals surface area contributed by atoms with E-state index in [1.54, 1.807) is 6.07 Å². The van der Waals surface area contributed by atoms with Crippen LogP contribution < -0.4 is 5.32 Å². The molecule has 0 unspecified atom stereocenters. The summed E-state index contributed by atoms with van der Waals surface area (Å²) in [6.07, 6.45) is -3.94. The molecule has 2 N–H and O–H groups in total. The van der Waals surface area contributed by atoms with E-state index in [1.165, 1.54) is 6.07 Å². The molecule has 0 radical (unpaired) electrons. The smallest absolute Gasteiger partial charge is 0.396 e. The fraction of sp³-hybridized carbons (Fsp3) is 0.571. The Morgan fingerprint density at radius 1 is 1.24 bits per heavy atom. The highest BCUT2D eigenvalue weighted by atomic mass is 79.9. The summed E-state index contributed by atoms with van der Waals surface area (Å²) in [4.78, 5) is 2.12. The monoisotopic (exact) mass is 366 g/mol. The average Bonchev–Trinajstić information content (AvgIpc) is 2.44. The second-order valence-electron chi connectivity index (χ2n) is 5.09. The maximum atomic E-state index is 12.9. The van der Waals surface area contributed by atoms with Gasteiger partial charge in [-0.05, 0) is 30.2 Å². The van der Waals surface area contributed by atoms with Crippen molar-refractivity contribution >= 4 is 15.9 Å². The van der Waals surface area contributed by atoms with Gasteiger partial charge in [0, 0.05) is 43.3 Å². The van der Waals surface area contributed by atoms with Crippen LogP contribution in [0, 0.1) is 0 Å². The van der Waals surface area contributed by atoms with Crippen LogP contribution >= 0.6 is 15.9 Å². The molecule has 1 aliphatic rings. The molecule has 21 heavy (non-hydrogen) atoms. The van der Waals surface area contributed by atoms with E-state index < -0.39 is 11.7 Å². The van der Waals surface area contributed by atoms with Gasteiger partial charge in [-0.3, -0.25) is 4.90 Å². The van der Waals surface area contributed by atoms with Crippen LogP contribution in [0.2, 0.25) is 0 Å². The molecule has 0 bridgehead atoms. The zero-order valence-corrected chi connectivity index (χ0v) is 13.0. The molecule has 0 saturated carbocycles. The zero-order chi connectivity index (χ0) is 15.5. The minimum atomic E-state index is -4.37. The maximum Gasteiger partial charge on any atom is 0.416 e. The number of aliphatic hydroxyl groups is 1. The van der Waals surface area contributed by atoms with Crippen molar-refractivity contribution in [2.45, 2.75) is 18.6 Å². The normalized spacial score (nSPS) is 18.7. The summed E-state index contributed by atoms with van der Waals surface area (Å²) in [5.41, 5.74) is -0.0717. The Bertz CT molecular complexity index is 476. The first-order valence-corrected chi connectivity index (χ1v) is 7.64. The number of hydrogen-bond acceptors (Lipinski definition) is 3. The van der Waals surface area contributed by atoms with Gasteiger partial charge in [-0.25, -0.2) is 0 Å². The molecule has 1 aliphatic heterocycles. The number of benzene rings is 1. The number of piperazine rings is 1. The second-order valence-corrected chi connectivity index (χ2v) is 6.00. The first kappa shape index (κ1) is 16.7. The molecular formula is C14H18BrF3N2O. The van der Waals surface area contributed by atoms with Gasteiger partial charge in [0.2, 0.25) is 0 Å². The fourth-order valence-electron chi connectivity index (χ4n) is 2.64. The molecule has 1 fully saturated rings. The number of nitrogens with one attached hydrogen (secondary N) is 1. The van der Waals surface area contributed by atoms with E-state index in [1.807, 2.05) is 0 Å². The van der Waals surface area contributed by atoms with Crippen LogP contribution in [0.4, 0.5) is 13.2 Å². The first-order valence-electron chi connectivity index (χ1n) is 6.85. The van der Waals surface area contributed by atoms with Crippen molar-refractivity contribution in [3.8, 4) is 0 Å². The number of halogens is 4. The van der Waals surface area contributed by atoms with Gasteiger partial charge in [-0.15, -0.1) is 0 Å². The minimum absolute atomic E-state index is 0.0531. The third kappa shape index (κ3) is 4.42. The lowest BCUT2D eigenvalue weighted by Gasteiger charge is -2.35. The van der Waals surface area contributed by atoms with Gasteiger partial charge in [0.15, 0.2) is 0 Å². The molecule has 1 heterocycles. The number of aliphatic hydroxyl groups excluding tert-OH is 1. The van der Waals surface area contributed by atoms with Gasteiger partial charge >= 0.3 is 6.18 Å². The molecular weight excluding hydrogens is 349 g/mol. The lowest BCUT2D eigenvalue weighted by Crippen LogP contribution is -2.45. The summed E-state index contributed by atoms with van der Waals surface area (Å²) < 4.78 is 39.2. The standard InChI is InChI=1S/C14H18BrF3N2O/c15-12-8-10(7-11(9-12)14(16,17)18)13(1-6-21)20-4-2-19-3-5-20/h7-9,13,19,21H,1-6H2/t13-/m0/s1. The van der Waals surface area contributed by atoms with Crippen LogP contribution in [0.5, 0.6) is 0 Å². The maximum absolute atomic E-state index is 12.9. The van der Waals surface area contributed by atoms with Gasteiger partial charge in [-0.2, -0.15) is 13.2 Å². The predicted molar refractivity (Wildman–Crippen MR) is 78.0 cm³/mol. The van der Waals surface area contributed by atoms with E-state index in [9.17, 15) is 18.3 Å². The summed E-state index contributed by atoms with van der Waals surface area (Å²) in [6, 6.07) is 3.78. The van der Waals surface area contributed by atoms with Gasteiger partial charge in [0.05, 0.1) is 5.56 Å². The summed E-state index contributed by atoms with van der Waals surface area (Å²) in [5.74, 6) is 0. The Morgan fingerprint density at radius 2 is 1.90 bits per heavy atom. The molecule has 2 rings (SSSR count). The van der Waals surface area contributed by atoms with Crippen molar-refractivity contribution in [1.82, 2.24) is 10.2 Å². The molecule has 118 valence electrons. The Kier molecular flexibility index (Phi) is 5.65. The van der Waals surface area contributed by atoms with Crippen molar-refractivity contribution in [2.75, 3.05) is 32.8 Å². The van der Waals surface area contributed by atoms with E-state index in [0.29, 0.717) is 16.5 Å². The highest BCUT2D eigenvalue weighted by Crippen LogP contribution is 2.35. The Balaban J connectivity index is 2.32. The van der Waals surface area contributed by atoms with Crippen molar-refractivity contribution in [2.24, 2.45) is 0 Å². The number of rotatable bonds is 4. The molecule has 0 spiro atoms. The van der Waals surface area contributed by atoms with E-state index in [0.717, 1.165) is 32.2 Å². The number of nitrogens with zero attached hydrogens (tertiary/aromatic N) is 1. The van der Waals surface area contributed by atoms with Gasteiger partial charge in [-0.1, -0.05) is 15.9 Å². The quantitative estimate of drug-likeness (QED) is 0.859. The highest BCUT2D eigenvalue weighted by molar-refractivity contribution is 9.10. The predicted octanol–water partition coefficient (Wildman–Crippen LogP) is 2.80. The number of hydrogen-bond donors (Lipinski definition) is 2. The SMILES string of the molecule is OCC[C@@H](c1cc(Br)cc(C(F)(F)F)c1)N1CCNCC1. The molecule has 0 amide bonds. The van der Waals surface area contributed by atoms with Gasteiger partial charge in [0.25, 0.3) is 0 Å². The molecule has 1 aromatic rings. The van der Waals surface area contributed by atoms with Crippen LogP contribution in [0.3, 0.4) is 0 Å². The van der Waals surface area contributed by atoms with Crippen molar-refractivity contribution in [3.05, 3.63) is 33.8 Å². The van der Waals surface area contributed by atoms with Crippen LogP contribution in [0.1, 0.15) is 23.6 Å². The van der Waals surface area contributed by atoms with E-state index in [4.69, 9.17) is 0 Å². The Labute approximate surface area is 130 Å². The van der Waals surface area contributed by atoms with E-state index in [2.05, 4.69) is 26.1 Å². The Morgan fingerprint density at radius 3 is 2.48 bits per heavy atom. The summed E-state index contributed by atoms with van der Waals surface area (Å²) in [7, 11) is 0. The van der Waals surface area contributed by atoms with Crippen molar-refractivity contribution < 1.29 is 18.3 Å². The minimum Gasteiger partial charge on any atom is -0.396 e. The third-order valence-corrected chi connectivity index (χ3v) is 4.08. The van der Waals surface area contributed by atoms with Crippen molar-refractivity contribution in [1.29, 1.82) is 0 Å². The first-order chi connectivity index (χ1) is 9.91. The molecule has 0 aliphatic carbocycles. The molecule has 1 atom stereocenters. The summed E-state index contributed by atoms with van der Waals surface area (Å²) >= 11 is 3.16. The van der Waals surface area contributed by atoms with Crippen molar-refractivity contribution in [3.63, 3.8) is 0 Å². The van der Waals surface area contributed by atoms with E-state index in [-0.39, 0.29) is 12.6 Å². The van der Waals surface area contributed by atoms with Crippen LogP contribution in [-0.2, 0) is 6.18 Å². The number of alkyl halides is 3. The molecule has 1 saturated heterocycles. The summed E-state index contributed by atoms with van der Waals surface area (Å²) in [6.45, 7) is 3.09. The molecule has 1 aromatic carbocycles. The fourth-order valence-corrected chi connectivity index (χ4v) is 3.16. The van der Waals surface area contributed by atoms with Crippen LogP contribution in [-0.4, -0.2) is 42.8 Å². The van der Waals surface area contributed by atoms with Gasteiger partial charge < -0.3 is 10.4 Å². The summed E-state index contributed by atoms with van der Waals surface area (Å²) in [5, 5.41) is 12.5. The Hall–Kier alpha value is -0.630. The van der Waals surface area contributed by atoms with Crippen LogP contribution in [0.15, 0.2) is 22.7 Å². The lowest BCUT2D eigenvalue weighted by molar-refractivity contribution is -0.137. The largest absolute Gasteiger partial charge is 0.416 e. The van der Waals surface area contributed by atoms with Crippen LogP contribution in [0.25, 0.3) is 0 Å². The van der Waals surface area contributed by atoms with E-state index >= 15 is 0 Å². The molecule has 7 heteroatoms. The molecule has 0 aromatic heterocycles.